The fourth-order valence-corrected chi connectivity index (χ4v) is 2.72. The first-order valence-corrected chi connectivity index (χ1v) is 8.72. The van der Waals surface area contributed by atoms with Crippen molar-refractivity contribution in [2.75, 3.05) is 0 Å². The second-order valence-corrected chi connectivity index (χ2v) is 6.82. The van der Waals surface area contributed by atoms with Gasteiger partial charge in [-0.05, 0) is 26.0 Å². The molecule has 0 unspecified atom stereocenters. The zero-order chi connectivity index (χ0) is 22.8. The molecule has 162 valence electrons. The Morgan fingerprint density at radius 3 is 2.42 bits per heavy atom. The van der Waals surface area contributed by atoms with Gasteiger partial charge >= 0.3 is 6.36 Å². The predicted molar refractivity (Wildman–Crippen MR) is 99.5 cm³/mol. The highest BCUT2D eigenvalue weighted by molar-refractivity contribution is 5.93. The van der Waals surface area contributed by atoms with Gasteiger partial charge in [-0.2, -0.15) is 0 Å². The fourth-order valence-electron chi connectivity index (χ4n) is 2.72. The molecule has 2 heterocycles. The first-order chi connectivity index (χ1) is 14.4. The minimum absolute atomic E-state index is 0.0455. The molecule has 1 amide bonds. The molecule has 0 atom stereocenters. The van der Waals surface area contributed by atoms with Gasteiger partial charge in [-0.1, -0.05) is 6.07 Å². The first kappa shape index (κ1) is 21.9. The summed E-state index contributed by atoms with van der Waals surface area (Å²) in [5.74, 6) is -2.54. The maximum Gasteiger partial charge on any atom is 0.573 e. The largest absolute Gasteiger partial charge is 0.573 e. The van der Waals surface area contributed by atoms with Crippen LogP contribution < -0.4 is 15.6 Å². The summed E-state index contributed by atoms with van der Waals surface area (Å²) in [6, 6.07) is 5.04. The number of benzene rings is 1. The molecule has 8 nitrogen and oxygen atoms in total. The molecular formula is C19H15F4N5O3. The molecule has 3 aromatic rings. The lowest BCUT2D eigenvalue weighted by Crippen LogP contribution is -2.42. The zero-order valence-electron chi connectivity index (χ0n) is 16.1. The molecular weight excluding hydrogens is 422 g/mol. The maximum atomic E-state index is 14.4. The van der Waals surface area contributed by atoms with E-state index in [0.29, 0.717) is 6.07 Å². The van der Waals surface area contributed by atoms with Crippen LogP contribution in [0.2, 0.25) is 0 Å². The highest BCUT2D eigenvalue weighted by Gasteiger charge is 2.33. The van der Waals surface area contributed by atoms with Crippen LogP contribution >= 0.6 is 0 Å². The molecule has 0 radical (unpaired) electrons. The van der Waals surface area contributed by atoms with Crippen LogP contribution in [0.3, 0.4) is 0 Å². The minimum atomic E-state index is -4.97. The number of aromatic nitrogens is 4. The van der Waals surface area contributed by atoms with Crippen molar-refractivity contribution in [2.24, 2.45) is 0 Å². The average molecular weight is 437 g/mol. The Morgan fingerprint density at radius 1 is 1.13 bits per heavy atom. The van der Waals surface area contributed by atoms with Gasteiger partial charge in [-0.25, -0.2) is 19.3 Å². The molecule has 0 aliphatic rings. The molecule has 1 aromatic carbocycles. The van der Waals surface area contributed by atoms with Gasteiger partial charge < -0.3 is 15.0 Å². The zero-order valence-corrected chi connectivity index (χ0v) is 16.1. The van der Waals surface area contributed by atoms with E-state index in [1.807, 2.05) is 0 Å². The van der Waals surface area contributed by atoms with E-state index in [-0.39, 0.29) is 22.9 Å². The van der Waals surface area contributed by atoms with Gasteiger partial charge in [0.25, 0.3) is 11.5 Å². The third-order valence-electron chi connectivity index (χ3n) is 4.03. The summed E-state index contributed by atoms with van der Waals surface area (Å²) < 4.78 is 55.0. The van der Waals surface area contributed by atoms with Crippen molar-refractivity contribution in [3.05, 3.63) is 70.2 Å². The minimum Gasteiger partial charge on any atom is -0.406 e. The van der Waals surface area contributed by atoms with Crippen LogP contribution in [0.15, 0.2) is 47.5 Å². The molecule has 0 bridgehead atoms. The summed E-state index contributed by atoms with van der Waals surface area (Å²) in [5.41, 5.74) is -2.39. The molecule has 0 aliphatic heterocycles. The Kier molecular flexibility index (Phi) is 5.73. The lowest BCUT2D eigenvalue weighted by atomic mass is 9.93. The Morgan fingerprint density at radius 2 is 1.81 bits per heavy atom. The van der Waals surface area contributed by atoms with Gasteiger partial charge in [0, 0.05) is 30.1 Å². The number of aromatic amines is 1. The molecule has 12 heteroatoms. The fraction of sp³-hybridized carbons (Fsp3) is 0.211. The molecule has 2 aromatic heterocycles. The van der Waals surface area contributed by atoms with E-state index >= 15 is 0 Å². The molecule has 3 rings (SSSR count). The van der Waals surface area contributed by atoms with Gasteiger partial charge in [0.15, 0.2) is 11.6 Å². The molecule has 0 spiro atoms. The summed E-state index contributed by atoms with van der Waals surface area (Å²) in [4.78, 5) is 38.9. The number of hydrogen-bond donors (Lipinski definition) is 2. The SMILES string of the molecule is CC(C)(NC(=O)c1cc(=O)[nH]c(-c2ncccn2)n1)c1ccc(OC(F)(F)F)cc1F. The predicted octanol–water partition coefficient (Wildman–Crippen LogP) is 2.93. The number of nitrogens with one attached hydrogen (secondary N) is 2. The van der Waals surface area contributed by atoms with Crippen molar-refractivity contribution in [3.8, 4) is 17.4 Å². The highest BCUT2D eigenvalue weighted by atomic mass is 19.4. The number of carbonyl (C=O) groups excluding carboxylic acids is 1. The van der Waals surface area contributed by atoms with Crippen molar-refractivity contribution >= 4 is 5.91 Å². The summed E-state index contributed by atoms with van der Waals surface area (Å²) in [6.45, 7) is 2.87. The summed E-state index contributed by atoms with van der Waals surface area (Å²) in [5, 5.41) is 2.51. The normalized spacial score (nSPS) is 11.8. The van der Waals surface area contributed by atoms with Gasteiger partial charge in [-0.15, -0.1) is 13.2 Å². The van der Waals surface area contributed by atoms with E-state index < -0.39 is 34.9 Å². The number of H-pyrrole nitrogens is 1. The Balaban J connectivity index is 1.86. The first-order valence-electron chi connectivity index (χ1n) is 8.72. The second-order valence-electron chi connectivity index (χ2n) is 6.82. The molecule has 0 saturated heterocycles. The summed E-state index contributed by atoms with van der Waals surface area (Å²) in [6.07, 6.45) is -2.12. The third kappa shape index (κ3) is 5.41. The molecule has 0 aliphatic carbocycles. The van der Waals surface area contributed by atoms with Gasteiger partial charge in [0.2, 0.25) is 0 Å². The monoisotopic (exact) mass is 437 g/mol. The van der Waals surface area contributed by atoms with Crippen LogP contribution in [-0.4, -0.2) is 32.2 Å². The Hall–Kier alpha value is -3.83. The van der Waals surface area contributed by atoms with Crippen LogP contribution in [-0.2, 0) is 5.54 Å². The average Bonchev–Trinajstić information content (AvgIpc) is 2.66. The Labute approximate surface area is 172 Å². The van der Waals surface area contributed by atoms with Crippen molar-refractivity contribution in [1.29, 1.82) is 0 Å². The van der Waals surface area contributed by atoms with E-state index in [4.69, 9.17) is 0 Å². The third-order valence-corrected chi connectivity index (χ3v) is 4.03. The number of amides is 1. The second kappa shape index (κ2) is 8.13. The molecule has 0 fully saturated rings. The van der Waals surface area contributed by atoms with Gasteiger partial charge in [0.05, 0.1) is 5.54 Å². The standard InChI is InChI=1S/C19H15F4N5O3/c1-18(2,11-5-4-10(8-12(11)20)31-19(21,22)23)28-17(30)13-9-14(29)27-16(26-13)15-24-6-3-7-25-15/h3-9H,1-2H3,(H,28,30)(H,26,27,29). The van der Waals surface area contributed by atoms with Crippen molar-refractivity contribution in [3.63, 3.8) is 0 Å². The number of halogens is 4. The van der Waals surface area contributed by atoms with Crippen LogP contribution in [0, 0.1) is 5.82 Å². The quantitative estimate of drug-likeness (QED) is 0.594. The van der Waals surface area contributed by atoms with Crippen LogP contribution in [0.5, 0.6) is 5.75 Å². The summed E-state index contributed by atoms with van der Waals surface area (Å²) >= 11 is 0. The van der Waals surface area contributed by atoms with E-state index in [1.54, 1.807) is 6.07 Å². The smallest absolute Gasteiger partial charge is 0.406 e. The van der Waals surface area contributed by atoms with E-state index in [2.05, 4.69) is 30.0 Å². The Bertz CT molecular complexity index is 1160. The topological polar surface area (TPSA) is 110 Å². The lowest BCUT2D eigenvalue weighted by molar-refractivity contribution is -0.274. The van der Waals surface area contributed by atoms with E-state index in [9.17, 15) is 27.2 Å². The van der Waals surface area contributed by atoms with Crippen molar-refractivity contribution in [1.82, 2.24) is 25.3 Å². The van der Waals surface area contributed by atoms with E-state index in [0.717, 1.165) is 18.2 Å². The lowest BCUT2D eigenvalue weighted by Gasteiger charge is -2.27. The van der Waals surface area contributed by atoms with Crippen LogP contribution in [0.4, 0.5) is 17.6 Å². The highest BCUT2D eigenvalue weighted by Crippen LogP contribution is 2.29. The number of alkyl halides is 3. The number of rotatable bonds is 5. The number of nitrogens with zero attached hydrogens (tertiary/aromatic N) is 3. The van der Waals surface area contributed by atoms with E-state index in [1.165, 1.54) is 26.2 Å². The molecule has 0 saturated carbocycles. The molecule has 31 heavy (non-hydrogen) atoms. The van der Waals surface area contributed by atoms with Gasteiger partial charge in [-0.3, -0.25) is 9.59 Å². The van der Waals surface area contributed by atoms with Crippen LogP contribution in [0.1, 0.15) is 29.9 Å². The number of carbonyl (C=O) groups is 1. The van der Waals surface area contributed by atoms with Gasteiger partial charge in [0.1, 0.15) is 17.3 Å². The molecule has 2 N–H and O–H groups in total. The summed E-state index contributed by atoms with van der Waals surface area (Å²) in [7, 11) is 0. The van der Waals surface area contributed by atoms with Crippen molar-refractivity contribution in [2.45, 2.75) is 25.7 Å². The number of hydrogen-bond acceptors (Lipinski definition) is 6. The maximum absolute atomic E-state index is 14.4. The van der Waals surface area contributed by atoms with Crippen molar-refractivity contribution < 1.29 is 27.1 Å². The van der Waals surface area contributed by atoms with Crippen LogP contribution in [0.25, 0.3) is 11.6 Å². The number of ether oxygens (including phenoxy) is 1.